The Labute approximate surface area is 157 Å². The minimum absolute atomic E-state index is 0.00563. The lowest BCUT2D eigenvalue weighted by Crippen LogP contribution is -2.44. The lowest BCUT2D eigenvalue weighted by atomic mass is 9.75. The van der Waals surface area contributed by atoms with Crippen LogP contribution in [0.25, 0.3) is 0 Å². The van der Waals surface area contributed by atoms with Crippen molar-refractivity contribution in [3.05, 3.63) is 18.2 Å². The third-order valence-corrected chi connectivity index (χ3v) is 5.98. The molecule has 1 N–H and O–H groups in total. The Bertz CT molecular complexity index is 773. The van der Waals surface area contributed by atoms with Crippen LogP contribution in [0.2, 0.25) is 0 Å². The fourth-order valence-electron chi connectivity index (χ4n) is 3.44. The Hall–Kier alpha value is -2.02. The van der Waals surface area contributed by atoms with Crippen LogP contribution in [-0.4, -0.2) is 53.8 Å². The summed E-state index contributed by atoms with van der Waals surface area (Å²) in [7, 11) is 3.21. The highest BCUT2D eigenvalue weighted by Crippen LogP contribution is 2.41. The fourth-order valence-corrected chi connectivity index (χ4v) is 4.69. The van der Waals surface area contributed by atoms with Crippen molar-refractivity contribution in [1.29, 1.82) is 0 Å². The zero-order valence-electron chi connectivity index (χ0n) is 15.5. The summed E-state index contributed by atoms with van der Waals surface area (Å²) < 4.78 is 10.6. The Morgan fingerprint density at radius 2 is 2.00 bits per heavy atom. The minimum atomic E-state index is -0.856. The molecular formula is C19H24N2O4S. The first-order valence-corrected chi connectivity index (χ1v) is 9.58. The van der Waals surface area contributed by atoms with E-state index in [0.717, 1.165) is 30.0 Å². The second-order valence-electron chi connectivity index (χ2n) is 7.35. The van der Waals surface area contributed by atoms with Gasteiger partial charge in [0.25, 0.3) is 0 Å². The molecule has 0 radical (unpaired) electrons. The molecule has 1 aromatic carbocycles. The number of hydrogen-bond acceptors (Lipinski definition) is 6. The van der Waals surface area contributed by atoms with E-state index >= 15 is 0 Å². The number of methoxy groups -OCH3 is 2. The number of thioether (sulfide) groups is 1. The van der Waals surface area contributed by atoms with Crippen molar-refractivity contribution in [1.82, 2.24) is 0 Å². The van der Waals surface area contributed by atoms with Crippen LogP contribution in [0.5, 0.6) is 11.5 Å². The number of carboxylic acids is 1. The van der Waals surface area contributed by atoms with Gasteiger partial charge in [-0.1, -0.05) is 13.8 Å². The van der Waals surface area contributed by atoms with Crippen LogP contribution in [0.3, 0.4) is 0 Å². The first kappa shape index (κ1) is 18.8. The van der Waals surface area contributed by atoms with Gasteiger partial charge in [0.15, 0.2) is 17.5 Å². The van der Waals surface area contributed by atoms with Gasteiger partial charge in [-0.15, -0.1) is 11.8 Å². The standard InChI is InChI=1S/C19H24N2O4S/c1-19(2)8-12(17-13(9-19)21-14(10-26-17)18(22)23)20-11-5-6-15(24-3)16(7-11)25-4/h5-7,14,17H,8-10H2,1-4H3,(H,22,23). The topological polar surface area (TPSA) is 80.5 Å². The van der Waals surface area contributed by atoms with Gasteiger partial charge in [0.05, 0.1) is 25.2 Å². The number of aliphatic imine (C=N–C) groups is 2. The van der Waals surface area contributed by atoms with Crippen LogP contribution in [0.1, 0.15) is 26.7 Å². The van der Waals surface area contributed by atoms with E-state index in [4.69, 9.17) is 14.5 Å². The summed E-state index contributed by atoms with van der Waals surface area (Å²) >= 11 is 1.63. The minimum Gasteiger partial charge on any atom is -0.493 e. The van der Waals surface area contributed by atoms with Gasteiger partial charge in [0, 0.05) is 23.2 Å². The number of nitrogens with zero attached hydrogens (tertiary/aromatic N) is 2. The van der Waals surface area contributed by atoms with Crippen LogP contribution < -0.4 is 9.47 Å². The molecule has 0 bridgehead atoms. The smallest absolute Gasteiger partial charge is 0.329 e. The van der Waals surface area contributed by atoms with Gasteiger partial charge in [-0.25, -0.2) is 4.79 Å². The summed E-state index contributed by atoms with van der Waals surface area (Å²) in [5.74, 6) is 0.930. The van der Waals surface area contributed by atoms with Crippen LogP contribution in [0.15, 0.2) is 28.2 Å². The van der Waals surface area contributed by atoms with E-state index < -0.39 is 12.0 Å². The maximum atomic E-state index is 11.3. The molecular weight excluding hydrogens is 352 g/mol. The summed E-state index contributed by atoms with van der Waals surface area (Å²) in [5, 5.41) is 9.35. The molecule has 0 amide bonds. The number of aliphatic carboxylic acids is 1. The molecule has 0 aromatic heterocycles. The van der Waals surface area contributed by atoms with Gasteiger partial charge < -0.3 is 14.6 Å². The zero-order valence-corrected chi connectivity index (χ0v) is 16.3. The molecule has 1 aliphatic carbocycles. The van der Waals surface area contributed by atoms with Crippen molar-refractivity contribution in [3.8, 4) is 11.5 Å². The third kappa shape index (κ3) is 3.87. The van der Waals surface area contributed by atoms with Crippen molar-refractivity contribution in [3.63, 3.8) is 0 Å². The van der Waals surface area contributed by atoms with Gasteiger partial charge >= 0.3 is 5.97 Å². The molecule has 140 valence electrons. The number of hydrogen-bond donors (Lipinski definition) is 1. The van der Waals surface area contributed by atoms with Crippen molar-refractivity contribution >= 4 is 34.8 Å². The second kappa shape index (κ2) is 7.31. The van der Waals surface area contributed by atoms with Crippen molar-refractivity contribution in [2.24, 2.45) is 15.4 Å². The number of fused-ring (bicyclic) bond motifs is 1. The van der Waals surface area contributed by atoms with Gasteiger partial charge in [0.2, 0.25) is 0 Å². The largest absolute Gasteiger partial charge is 0.493 e. The number of ether oxygens (including phenoxy) is 2. The lowest BCUT2D eigenvalue weighted by Gasteiger charge is -2.39. The van der Waals surface area contributed by atoms with E-state index in [2.05, 4.69) is 18.8 Å². The van der Waals surface area contributed by atoms with Crippen molar-refractivity contribution in [2.75, 3.05) is 20.0 Å². The van der Waals surface area contributed by atoms with Gasteiger partial charge in [-0.3, -0.25) is 9.98 Å². The molecule has 1 aliphatic heterocycles. The molecule has 26 heavy (non-hydrogen) atoms. The highest BCUT2D eigenvalue weighted by Gasteiger charge is 2.40. The third-order valence-electron chi connectivity index (χ3n) is 4.59. The molecule has 2 aliphatic rings. The molecule has 0 spiro atoms. The number of rotatable bonds is 4. The van der Waals surface area contributed by atoms with Crippen molar-refractivity contribution < 1.29 is 19.4 Å². The molecule has 7 heteroatoms. The van der Waals surface area contributed by atoms with Gasteiger partial charge in [-0.2, -0.15) is 0 Å². The van der Waals surface area contributed by atoms with E-state index in [1.54, 1.807) is 26.0 Å². The number of benzene rings is 1. The molecule has 0 saturated heterocycles. The zero-order chi connectivity index (χ0) is 18.9. The molecule has 1 aromatic rings. The summed E-state index contributed by atoms with van der Waals surface area (Å²) in [5.41, 5.74) is 2.80. The van der Waals surface area contributed by atoms with E-state index in [1.807, 2.05) is 18.2 Å². The Morgan fingerprint density at radius 3 is 2.65 bits per heavy atom. The Morgan fingerprint density at radius 1 is 1.27 bits per heavy atom. The monoisotopic (exact) mass is 376 g/mol. The molecule has 2 unspecified atom stereocenters. The van der Waals surface area contributed by atoms with E-state index in [1.165, 1.54) is 0 Å². The van der Waals surface area contributed by atoms with Crippen LogP contribution in [0, 0.1) is 5.41 Å². The molecule has 6 nitrogen and oxygen atoms in total. The highest BCUT2D eigenvalue weighted by atomic mass is 32.2. The molecule has 2 atom stereocenters. The predicted molar refractivity (Wildman–Crippen MR) is 105 cm³/mol. The van der Waals surface area contributed by atoms with Crippen LogP contribution >= 0.6 is 11.8 Å². The quantitative estimate of drug-likeness (QED) is 0.868. The Kier molecular flexibility index (Phi) is 5.27. The summed E-state index contributed by atoms with van der Waals surface area (Å²) in [6.45, 7) is 4.34. The SMILES string of the molecule is COc1ccc(N=C2CC(C)(C)CC3=NC(C(=O)O)CSC23)cc1OC. The molecule has 1 saturated carbocycles. The summed E-state index contributed by atoms with van der Waals surface area (Å²) in [4.78, 5) is 20.7. The van der Waals surface area contributed by atoms with E-state index in [9.17, 15) is 9.90 Å². The van der Waals surface area contributed by atoms with Gasteiger partial charge in [0.1, 0.15) is 0 Å². The number of carbonyl (C=O) groups is 1. The van der Waals surface area contributed by atoms with Crippen molar-refractivity contribution in [2.45, 2.75) is 38.0 Å². The van der Waals surface area contributed by atoms with Gasteiger partial charge in [-0.05, 0) is 30.4 Å². The first-order chi connectivity index (χ1) is 12.3. The van der Waals surface area contributed by atoms with E-state index in [0.29, 0.717) is 17.3 Å². The summed E-state index contributed by atoms with van der Waals surface area (Å²) in [6, 6.07) is 4.95. The second-order valence-corrected chi connectivity index (χ2v) is 8.49. The number of carboxylic acid groups (broad SMARTS) is 1. The van der Waals surface area contributed by atoms with Crippen LogP contribution in [0.4, 0.5) is 5.69 Å². The maximum Gasteiger partial charge on any atom is 0.329 e. The normalized spacial score (nSPS) is 26.0. The first-order valence-electron chi connectivity index (χ1n) is 8.53. The molecule has 3 rings (SSSR count). The van der Waals surface area contributed by atoms with Crippen LogP contribution in [-0.2, 0) is 4.79 Å². The predicted octanol–water partition coefficient (Wildman–Crippen LogP) is 3.61. The molecule has 1 fully saturated rings. The Balaban J connectivity index is 1.97. The lowest BCUT2D eigenvalue weighted by molar-refractivity contribution is -0.137. The average Bonchev–Trinajstić information content (AvgIpc) is 2.60. The molecule has 1 heterocycles. The average molecular weight is 376 g/mol. The highest BCUT2D eigenvalue weighted by molar-refractivity contribution is 8.01. The fraction of sp³-hybridized carbons (Fsp3) is 0.526. The summed E-state index contributed by atoms with van der Waals surface area (Å²) in [6.07, 6.45) is 1.66. The van der Waals surface area contributed by atoms with E-state index in [-0.39, 0.29) is 10.7 Å². The maximum absolute atomic E-state index is 11.3.